The summed E-state index contributed by atoms with van der Waals surface area (Å²) in [6, 6.07) is 0. The molecule has 80 valence electrons. The number of hydrogen-bond acceptors (Lipinski definition) is 1. The molecule has 0 aliphatic heterocycles. The van der Waals surface area contributed by atoms with Gasteiger partial charge in [-0.25, -0.2) is 0 Å². The van der Waals surface area contributed by atoms with Gasteiger partial charge in [0, 0.05) is 13.7 Å². The van der Waals surface area contributed by atoms with Gasteiger partial charge in [-0.05, 0) is 24.7 Å². The predicted octanol–water partition coefficient (Wildman–Crippen LogP) is 3.88. The molecular weight excluding hydrogens is 160 g/mol. The third kappa shape index (κ3) is 9.88. The molecule has 0 saturated heterocycles. The van der Waals surface area contributed by atoms with Crippen LogP contribution in [0, 0.1) is 11.8 Å². The summed E-state index contributed by atoms with van der Waals surface area (Å²) < 4.78 is 5.03. The maximum Gasteiger partial charge on any atom is 0.0462 e. The van der Waals surface area contributed by atoms with Crippen molar-refractivity contribution in [3.63, 3.8) is 0 Å². The summed E-state index contributed by atoms with van der Waals surface area (Å²) in [4.78, 5) is 0. The van der Waals surface area contributed by atoms with Crippen LogP contribution >= 0.6 is 0 Å². The molecule has 0 N–H and O–H groups in total. The summed E-state index contributed by atoms with van der Waals surface area (Å²) in [6.45, 7) is 7.88. The smallest absolute Gasteiger partial charge is 0.0462 e. The first kappa shape index (κ1) is 13.0. The maximum atomic E-state index is 5.03. The Morgan fingerprint density at radius 1 is 0.923 bits per heavy atom. The van der Waals surface area contributed by atoms with E-state index in [2.05, 4.69) is 20.8 Å². The fourth-order valence-corrected chi connectivity index (χ4v) is 1.60. The summed E-state index contributed by atoms with van der Waals surface area (Å²) in [7, 11) is 1.78. The normalized spacial score (nSPS) is 13.6. The van der Waals surface area contributed by atoms with Gasteiger partial charge in [0.2, 0.25) is 0 Å². The van der Waals surface area contributed by atoms with Gasteiger partial charge >= 0.3 is 0 Å². The second-order valence-corrected chi connectivity index (χ2v) is 4.56. The lowest BCUT2D eigenvalue weighted by atomic mass is 9.96. The van der Waals surface area contributed by atoms with Crippen LogP contribution < -0.4 is 0 Å². The zero-order chi connectivity index (χ0) is 10.1. The van der Waals surface area contributed by atoms with E-state index in [4.69, 9.17) is 4.74 Å². The molecule has 1 unspecified atom stereocenters. The molecule has 0 rings (SSSR count). The van der Waals surface area contributed by atoms with Gasteiger partial charge in [-0.3, -0.25) is 0 Å². The lowest BCUT2D eigenvalue weighted by molar-refractivity contribution is 0.186. The molecule has 1 atom stereocenters. The summed E-state index contributed by atoms with van der Waals surface area (Å²) in [5.74, 6) is 1.75. The highest BCUT2D eigenvalue weighted by Gasteiger charge is 2.02. The van der Waals surface area contributed by atoms with E-state index in [0.717, 1.165) is 18.4 Å². The van der Waals surface area contributed by atoms with Crippen molar-refractivity contribution in [2.75, 3.05) is 13.7 Å². The molecule has 1 nitrogen and oxygen atoms in total. The van der Waals surface area contributed by atoms with Crippen LogP contribution in [0.2, 0.25) is 0 Å². The van der Waals surface area contributed by atoms with Gasteiger partial charge < -0.3 is 4.74 Å². The highest BCUT2D eigenvalue weighted by atomic mass is 16.5. The van der Waals surface area contributed by atoms with Crippen molar-refractivity contribution < 1.29 is 4.74 Å². The van der Waals surface area contributed by atoms with Crippen molar-refractivity contribution in [2.45, 2.75) is 52.9 Å². The van der Waals surface area contributed by atoms with Crippen molar-refractivity contribution >= 4 is 0 Å². The molecule has 0 aromatic carbocycles. The molecule has 0 bridgehead atoms. The SMILES string of the molecule is COCCCC(C)CCCC(C)C. The minimum absolute atomic E-state index is 0.867. The molecule has 0 aromatic rings. The number of hydrogen-bond donors (Lipinski definition) is 0. The predicted molar refractivity (Wildman–Crippen MR) is 59.0 cm³/mol. The van der Waals surface area contributed by atoms with Crippen LogP contribution in [0.15, 0.2) is 0 Å². The van der Waals surface area contributed by atoms with Crippen LogP contribution in [-0.2, 0) is 4.74 Å². The van der Waals surface area contributed by atoms with Crippen LogP contribution in [0.3, 0.4) is 0 Å². The standard InChI is InChI=1S/C12H26O/c1-11(2)7-5-8-12(3)9-6-10-13-4/h11-12H,5-10H2,1-4H3. The first-order valence-corrected chi connectivity index (χ1v) is 5.65. The Bertz CT molecular complexity index is 99.3. The Kier molecular flexibility index (Phi) is 8.53. The molecule has 0 spiro atoms. The van der Waals surface area contributed by atoms with E-state index < -0.39 is 0 Å². The lowest BCUT2D eigenvalue weighted by Crippen LogP contribution is -1.99. The molecule has 0 aromatic heterocycles. The van der Waals surface area contributed by atoms with E-state index in [1.54, 1.807) is 7.11 Å². The summed E-state index contributed by atoms with van der Waals surface area (Å²) >= 11 is 0. The average Bonchev–Trinajstić information content (AvgIpc) is 2.04. The van der Waals surface area contributed by atoms with Crippen LogP contribution in [0.1, 0.15) is 52.9 Å². The van der Waals surface area contributed by atoms with Gasteiger partial charge in [-0.1, -0.05) is 40.0 Å². The zero-order valence-electron chi connectivity index (χ0n) is 9.81. The molecule has 13 heavy (non-hydrogen) atoms. The van der Waals surface area contributed by atoms with Crippen molar-refractivity contribution in [1.29, 1.82) is 0 Å². The van der Waals surface area contributed by atoms with Gasteiger partial charge in [0.25, 0.3) is 0 Å². The highest BCUT2D eigenvalue weighted by molar-refractivity contribution is 4.55. The van der Waals surface area contributed by atoms with Gasteiger partial charge in [0.15, 0.2) is 0 Å². The second-order valence-electron chi connectivity index (χ2n) is 4.56. The number of ether oxygens (including phenoxy) is 1. The van der Waals surface area contributed by atoms with E-state index in [1.807, 2.05) is 0 Å². The van der Waals surface area contributed by atoms with E-state index in [9.17, 15) is 0 Å². The minimum atomic E-state index is 0.867. The first-order valence-electron chi connectivity index (χ1n) is 5.65. The molecule has 0 aliphatic carbocycles. The molecule has 0 fully saturated rings. The molecule has 0 heterocycles. The molecule has 0 amide bonds. The molecular formula is C12H26O. The van der Waals surface area contributed by atoms with Crippen molar-refractivity contribution in [3.8, 4) is 0 Å². The second kappa shape index (κ2) is 8.55. The fraction of sp³-hybridized carbons (Fsp3) is 1.00. The summed E-state index contributed by atoms with van der Waals surface area (Å²) in [6.07, 6.45) is 6.72. The number of rotatable bonds is 8. The Labute approximate surface area is 83.9 Å². The third-order valence-electron chi connectivity index (χ3n) is 2.52. The molecule has 0 aliphatic rings. The minimum Gasteiger partial charge on any atom is -0.385 e. The zero-order valence-corrected chi connectivity index (χ0v) is 9.81. The summed E-state index contributed by atoms with van der Waals surface area (Å²) in [5.41, 5.74) is 0. The van der Waals surface area contributed by atoms with Gasteiger partial charge in [-0.15, -0.1) is 0 Å². The Balaban J connectivity index is 3.15. The Morgan fingerprint density at radius 3 is 2.08 bits per heavy atom. The topological polar surface area (TPSA) is 9.23 Å². The van der Waals surface area contributed by atoms with E-state index in [0.29, 0.717) is 0 Å². The first-order chi connectivity index (χ1) is 6.16. The monoisotopic (exact) mass is 186 g/mol. The largest absolute Gasteiger partial charge is 0.385 e. The molecule has 0 saturated carbocycles. The van der Waals surface area contributed by atoms with Gasteiger partial charge in [0.05, 0.1) is 0 Å². The summed E-state index contributed by atoms with van der Waals surface area (Å²) in [5, 5.41) is 0. The van der Waals surface area contributed by atoms with E-state index in [-0.39, 0.29) is 0 Å². The Morgan fingerprint density at radius 2 is 1.54 bits per heavy atom. The van der Waals surface area contributed by atoms with Crippen molar-refractivity contribution in [3.05, 3.63) is 0 Å². The van der Waals surface area contributed by atoms with E-state index >= 15 is 0 Å². The Hall–Kier alpha value is -0.0400. The van der Waals surface area contributed by atoms with Crippen LogP contribution in [0.4, 0.5) is 0 Å². The maximum absolute atomic E-state index is 5.03. The molecule has 0 radical (unpaired) electrons. The quantitative estimate of drug-likeness (QED) is 0.523. The van der Waals surface area contributed by atoms with E-state index in [1.165, 1.54) is 32.1 Å². The van der Waals surface area contributed by atoms with Crippen LogP contribution in [-0.4, -0.2) is 13.7 Å². The van der Waals surface area contributed by atoms with Crippen molar-refractivity contribution in [1.82, 2.24) is 0 Å². The third-order valence-corrected chi connectivity index (χ3v) is 2.52. The number of methoxy groups -OCH3 is 1. The fourth-order valence-electron chi connectivity index (χ4n) is 1.60. The molecule has 1 heteroatoms. The van der Waals surface area contributed by atoms with Gasteiger partial charge in [0.1, 0.15) is 0 Å². The van der Waals surface area contributed by atoms with Crippen LogP contribution in [0.5, 0.6) is 0 Å². The average molecular weight is 186 g/mol. The van der Waals surface area contributed by atoms with Crippen molar-refractivity contribution in [2.24, 2.45) is 11.8 Å². The highest BCUT2D eigenvalue weighted by Crippen LogP contribution is 2.16. The van der Waals surface area contributed by atoms with Crippen LogP contribution in [0.25, 0.3) is 0 Å². The lowest BCUT2D eigenvalue weighted by Gasteiger charge is -2.11. The van der Waals surface area contributed by atoms with Gasteiger partial charge in [-0.2, -0.15) is 0 Å².